The Morgan fingerprint density at radius 3 is 1.85 bits per heavy atom. The molecule has 0 spiro atoms. The molecular formula is C8H13B4N. The highest BCUT2D eigenvalue weighted by atomic mass is 15.3. The summed E-state index contributed by atoms with van der Waals surface area (Å²) in [7, 11) is 23.6. The van der Waals surface area contributed by atoms with Gasteiger partial charge in [0.05, 0.1) is 31.4 Å². The molecule has 5 heteroatoms. The molecule has 0 saturated carbocycles. The highest BCUT2D eigenvalue weighted by Crippen LogP contribution is 2.39. The molecule has 0 aliphatic carbocycles. The number of rotatable bonds is 0. The molecule has 2 atom stereocenters. The van der Waals surface area contributed by atoms with Gasteiger partial charge in [0.25, 0.3) is 0 Å². The number of likely N-dealkylation sites (tertiary alicyclic amines) is 1. The third-order valence-electron chi connectivity index (χ3n) is 2.47. The van der Waals surface area contributed by atoms with Gasteiger partial charge in [-0.15, -0.1) is 0 Å². The van der Waals surface area contributed by atoms with Crippen LogP contribution in [0.4, 0.5) is 0 Å². The van der Waals surface area contributed by atoms with Gasteiger partial charge >= 0.3 is 0 Å². The van der Waals surface area contributed by atoms with Crippen molar-refractivity contribution in [2.45, 2.75) is 49.8 Å². The van der Waals surface area contributed by atoms with Crippen LogP contribution >= 0.6 is 0 Å². The minimum Gasteiger partial charge on any atom is -0.316 e. The molecule has 0 aromatic rings. The largest absolute Gasteiger partial charge is 0.316 e. The SMILES string of the molecule is [B]C1CC([B])([B])N(C(C)(C)C)C1[B]. The van der Waals surface area contributed by atoms with Gasteiger partial charge in [-0.05, 0) is 26.7 Å². The van der Waals surface area contributed by atoms with Crippen molar-refractivity contribution in [2.75, 3.05) is 0 Å². The fourth-order valence-electron chi connectivity index (χ4n) is 2.14. The summed E-state index contributed by atoms with van der Waals surface area (Å²) in [6.45, 7) is 6.08. The molecule has 1 aliphatic heterocycles. The lowest BCUT2D eigenvalue weighted by Crippen LogP contribution is -2.57. The Balaban J connectivity index is 2.94. The summed E-state index contributed by atoms with van der Waals surface area (Å²) in [5, 5.41) is -0.878. The monoisotopic (exact) mass is 167 g/mol. The van der Waals surface area contributed by atoms with Crippen molar-refractivity contribution in [3.63, 3.8) is 0 Å². The van der Waals surface area contributed by atoms with E-state index >= 15 is 0 Å². The van der Waals surface area contributed by atoms with E-state index in [1.807, 2.05) is 25.7 Å². The highest BCUT2D eigenvalue weighted by molar-refractivity contribution is 6.41. The van der Waals surface area contributed by atoms with Crippen LogP contribution in [0.5, 0.6) is 0 Å². The molecule has 0 bridgehead atoms. The van der Waals surface area contributed by atoms with Crippen molar-refractivity contribution in [3.8, 4) is 0 Å². The van der Waals surface area contributed by atoms with E-state index in [9.17, 15) is 0 Å². The van der Waals surface area contributed by atoms with Crippen molar-refractivity contribution in [2.24, 2.45) is 0 Å². The molecule has 0 aromatic carbocycles. The number of hydrogen-bond acceptors (Lipinski definition) is 1. The summed E-state index contributed by atoms with van der Waals surface area (Å²) in [6.07, 6.45) is 0.533. The van der Waals surface area contributed by atoms with Crippen LogP contribution in [0, 0.1) is 0 Å². The van der Waals surface area contributed by atoms with Crippen molar-refractivity contribution < 1.29 is 0 Å². The first-order chi connectivity index (χ1) is 5.66. The molecule has 8 radical (unpaired) electrons. The zero-order valence-electron chi connectivity index (χ0n) is 8.62. The summed E-state index contributed by atoms with van der Waals surface area (Å²) >= 11 is 0. The molecule has 0 N–H and O–H groups in total. The molecule has 2 unspecified atom stereocenters. The lowest BCUT2D eigenvalue weighted by atomic mass is 9.57. The van der Waals surface area contributed by atoms with Crippen LogP contribution in [-0.4, -0.2) is 53.1 Å². The van der Waals surface area contributed by atoms with E-state index in [2.05, 4.69) is 0 Å². The van der Waals surface area contributed by atoms with Crippen LogP contribution in [0.25, 0.3) is 0 Å². The first kappa shape index (κ1) is 11.3. The number of nitrogens with zero attached hydrogens (tertiary/aromatic N) is 1. The molecule has 62 valence electrons. The van der Waals surface area contributed by atoms with Gasteiger partial charge in [0, 0.05) is 5.54 Å². The lowest BCUT2D eigenvalue weighted by Gasteiger charge is -2.46. The molecule has 1 fully saturated rings. The molecular weight excluding hydrogens is 153 g/mol. The Labute approximate surface area is 86.7 Å². The maximum Gasteiger partial charge on any atom is 0.0903 e. The zero-order chi connectivity index (χ0) is 10.4. The Kier molecular flexibility index (Phi) is 2.71. The average Bonchev–Trinajstić information content (AvgIpc) is 1.99. The van der Waals surface area contributed by atoms with Gasteiger partial charge in [0.15, 0.2) is 0 Å². The third kappa shape index (κ3) is 2.01. The van der Waals surface area contributed by atoms with Gasteiger partial charge in [-0.25, -0.2) is 0 Å². The molecule has 0 aromatic heterocycles. The second-order valence-electron chi connectivity index (χ2n) is 4.89. The van der Waals surface area contributed by atoms with E-state index in [4.69, 9.17) is 31.4 Å². The average molecular weight is 166 g/mol. The van der Waals surface area contributed by atoms with Crippen molar-refractivity contribution >= 4 is 31.4 Å². The topological polar surface area (TPSA) is 3.24 Å². The second kappa shape index (κ2) is 3.12. The number of hydrogen-bond donors (Lipinski definition) is 0. The van der Waals surface area contributed by atoms with Gasteiger partial charge in [0.1, 0.15) is 0 Å². The Hall–Kier alpha value is 0.220. The summed E-state index contributed by atoms with van der Waals surface area (Å²) < 4.78 is 0. The van der Waals surface area contributed by atoms with E-state index in [1.165, 1.54) is 0 Å². The molecule has 1 nitrogen and oxygen atoms in total. The van der Waals surface area contributed by atoms with E-state index in [0.717, 1.165) is 0 Å². The normalized spacial score (nSPS) is 35.0. The summed E-state index contributed by atoms with van der Waals surface area (Å²) in [5.74, 6) is -0.399. The van der Waals surface area contributed by atoms with Crippen molar-refractivity contribution in [3.05, 3.63) is 0 Å². The van der Waals surface area contributed by atoms with Gasteiger partial charge < -0.3 is 4.90 Å². The first-order valence-corrected chi connectivity index (χ1v) is 4.54. The van der Waals surface area contributed by atoms with Gasteiger partial charge in [0.2, 0.25) is 0 Å². The molecule has 1 rings (SSSR count). The summed E-state index contributed by atoms with van der Waals surface area (Å²) in [4.78, 5) is 1.88. The van der Waals surface area contributed by atoms with Crippen LogP contribution in [0.15, 0.2) is 0 Å². The fraction of sp³-hybridized carbons (Fsp3) is 1.00. The highest BCUT2D eigenvalue weighted by Gasteiger charge is 2.44. The van der Waals surface area contributed by atoms with Crippen LogP contribution in [-0.2, 0) is 0 Å². The Bertz CT molecular complexity index is 199. The van der Waals surface area contributed by atoms with E-state index in [0.29, 0.717) is 6.42 Å². The van der Waals surface area contributed by atoms with Crippen LogP contribution < -0.4 is 0 Å². The van der Waals surface area contributed by atoms with Crippen molar-refractivity contribution in [1.82, 2.24) is 4.90 Å². The standard InChI is InChI=1S/C8H13B4N/c1-7(2,3)13-6(10)5(9)4-8(13,11)12/h5-6H,4H2,1-3H3. The summed E-state index contributed by atoms with van der Waals surface area (Å²) in [6, 6.07) is 0. The van der Waals surface area contributed by atoms with E-state index in [1.54, 1.807) is 0 Å². The first-order valence-electron chi connectivity index (χ1n) is 4.54. The Morgan fingerprint density at radius 2 is 1.69 bits per heavy atom. The van der Waals surface area contributed by atoms with Crippen LogP contribution in [0.2, 0.25) is 5.82 Å². The summed E-state index contributed by atoms with van der Waals surface area (Å²) in [5.41, 5.74) is -0.156. The lowest BCUT2D eigenvalue weighted by molar-refractivity contribution is 0.122. The minimum atomic E-state index is -0.878. The molecule has 1 saturated heterocycles. The molecule has 1 heterocycles. The molecule has 0 amide bonds. The van der Waals surface area contributed by atoms with Gasteiger partial charge in [-0.2, -0.15) is 0 Å². The quantitative estimate of drug-likeness (QED) is 0.456. The maximum atomic E-state index is 5.93. The van der Waals surface area contributed by atoms with Crippen molar-refractivity contribution in [1.29, 1.82) is 0 Å². The predicted molar refractivity (Wildman–Crippen MR) is 59.5 cm³/mol. The maximum absolute atomic E-state index is 5.93. The Morgan fingerprint density at radius 1 is 1.23 bits per heavy atom. The van der Waals surface area contributed by atoms with E-state index < -0.39 is 5.34 Å². The van der Waals surface area contributed by atoms with E-state index in [-0.39, 0.29) is 17.3 Å². The van der Waals surface area contributed by atoms with Crippen LogP contribution in [0.3, 0.4) is 0 Å². The minimum absolute atomic E-state index is 0.144. The molecule has 13 heavy (non-hydrogen) atoms. The van der Waals surface area contributed by atoms with Gasteiger partial charge in [-0.1, -0.05) is 17.6 Å². The smallest absolute Gasteiger partial charge is 0.0903 e. The van der Waals surface area contributed by atoms with Crippen LogP contribution in [0.1, 0.15) is 27.2 Å². The predicted octanol–water partition coefficient (Wildman–Crippen LogP) is -0.0670. The zero-order valence-corrected chi connectivity index (χ0v) is 8.62. The molecule has 1 aliphatic rings. The van der Waals surface area contributed by atoms with Gasteiger partial charge in [-0.3, -0.25) is 0 Å². The second-order valence-corrected chi connectivity index (χ2v) is 4.89. The fourth-order valence-corrected chi connectivity index (χ4v) is 2.14. The third-order valence-corrected chi connectivity index (χ3v) is 2.47.